The van der Waals surface area contributed by atoms with E-state index in [1.807, 2.05) is 0 Å². The number of carbonyl (C=O) groups is 1. The molecule has 0 spiro atoms. The number of halogens is 2. The van der Waals surface area contributed by atoms with Crippen molar-refractivity contribution in [2.45, 2.75) is 0 Å². The highest BCUT2D eigenvalue weighted by Crippen LogP contribution is 2.19. The van der Waals surface area contributed by atoms with E-state index in [2.05, 4.69) is 15.9 Å². The summed E-state index contributed by atoms with van der Waals surface area (Å²) >= 11 is 2.72. The maximum absolute atomic E-state index is 13.2. The molecule has 7 heteroatoms. The molecular formula is C7H5BBrFO4. The van der Waals surface area contributed by atoms with Crippen molar-refractivity contribution in [2.24, 2.45) is 0 Å². The Labute approximate surface area is 87.3 Å². The minimum Gasteiger partial charge on any atom is -0.478 e. The van der Waals surface area contributed by atoms with Gasteiger partial charge in [-0.05, 0) is 22.0 Å². The molecular weight excluding hydrogens is 258 g/mol. The standard InChI is InChI=1S/C7H5BBrFO4/c9-5-3(7(11)12)1-2-4(6(5)10)8(13)14/h1-2,13-14H,(H,11,12). The molecule has 74 valence electrons. The first-order valence-corrected chi connectivity index (χ1v) is 4.31. The fraction of sp³-hybridized carbons (Fsp3) is 0. The number of rotatable bonds is 2. The van der Waals surface area contributed by atoms with Gasteiger partial charge in [-0.15, -0.1) is 0 Å². The first-order chi connectivity index (χ1) is 6.45. The van der Waals surface area contributed by atoms with Crippen LogP contribution in [0.2, 0.25) is 0 Å². The molecule has 1 aromatic rings. The third-order valence-electron chi connectivity index (χ3n) is 1.62. The van der Waals surface area contributed by atoms with Crippen LogP contribution >= 0.6 is 15.9 Å². The molecule has 3 N–H and O–H groups in total. The maximum atomic E-state index is 13.2. The molecule has 14 heavy (non-hydrogen) atoms. The lowest BCUT2D eigenvalue weighted by Crippen LogP contribution is -2.33. The maximum Gasteiger partial charge on any atom is 0.491 e. The van der Waals surface area contributed by atoms with Crippen molar-refractivity contribution in [3.05, 3.63) is 28.0 Å². The third kappa shape index (κ3) is 1.94. The molecule has 1 aromatic carbocycles. The van der Waals surface area contributed by atoms with Crippen molar-refractivity contribution in [3.63, 3.8) is 0 Å². The lowest BCUT2D eigenvalue weighted by molar-refractivity contribution is 0.0695. The highest BCUT2D eigenvalue weighted by molar-refractivity contribution is 9.10. The molecule has 1 rings (SSSR count). The van der Waals surface area contributed by atoms with Crippen LogP contribution in [0, 0.1) is 5.82 Å². The van der Waals surface area contributed by atoms with Gasteiger partial charge < -0.3 is 15.2 Å². The first kappa shape index (κ1) is 11.2. The summed E-state index contributed by atoms with van der Waals surface area (Å²) in [6.45, 7) is 0. The predicted octanol–water partition coefficient (Wildman–Crippen LogP) is -0.0338. The van der Waals surface area contributed by atoms with Gasteiger partial charge in [-0.2, -0.15) is 0 Å². The molecule has 0 bridgehead atoms. The van der Waals surface area contributed by atoms with E-state index in [0.29, 0.717) is 0 Å². The van der Waals surface area contributed by atoms with Crippen LogP contribution in [-0.4, -0.2) is 28.2 Å². The van der Waals surface area contributed by atoms with Gasteiger partial charge in [-0.3, -0.25) is 0 Å². The summed E-state index contributed by atoms with van der Waals surface area (Å²) < 4.78 is 12.9. The second-order valence-electron chi connectivity index (χ2n) is 2.51. The van der Waals surface area contributed by atoms with Crippen molar-refractivity contribution in [1.82, 2.24) is 0 Å². The van der Waals surface area contributed by atoms with Gasteiger partial charge in [0.05, 0.1) is 10.0 Å². The lowest BCUT2D eigenvalue weighted by Gasteiger charge is -2.05. The van der Waals surface area contributed by atoms with Crippen LogP contribution in [0.5, 0.6) is 0 Å². The summed E-state index contributed by atoms with van der Waals surface area (Å²) in [5, 5.41) is 26.0. The summed E-state index contributed by atoms with van der Waals surface area (Å²) in [5.41, 5.74) is -0.645. The number of aromatic carboxylic acids is 1. The van der Waals surface area contributed by atoms with Crippen LogP contribution in [0.25, 0.3) is 0 Å². The Balaban J connectivity index is 3.33. The van der Waals surface area contributed by atoms with Crippen molar-refractivity contribution in [1.29, 1.82) is 0 Å². The number of hydrogen-bond donors (Lipinski definition) is 3. The molecule has 4 nitrogen and oxygen atoms in total. The molecule has 0 aliphatic rings. The van der Waals surface area contributed by atoms with Crippen LogP contribution in [0.4, 0.5) is 4.39 Å². The Morgan fingerprint density at radius 1 is 1.43 bits per heavy atom. The summed E-state index contributed by atoms with van der Waals surface area (Å²) in [7, 11) is -1.96. The highest BCUT2D eigenvalue weighted by atomic mass is 79.9. The van der Waals surface area contributed by atoms with Gasteiger partial charge >= 0.3 is 13.1 Å². The monoisotopic (exact) mass is 262 g/mol. The Morgan fingerprint density at radius 2 is 2.00 bits per heavy atom. The number of hydrogen-bond acceptors (Lipinski definition) is 3. The van der Waals surface area contributed by atoms with Gasteiger partial charge in [0.2, 0.25) is 0 Å². The average Bonchev–Trinajstić information content (AvgIpc) is 2.08. The van der Waals surface area contributed by atoms with Crippen molar-refractivity contribution in [3.8, 4) is 0 Å². The van der Waals surface area contributed by atoms with Crippen LogP contribution in [0.15, 0.2) is 16.6 Å². The molecule has 0 saturated heterocycles. The first-order valence-electron chi connectivity index (χ1n) is 3.52. The minimum absolute atomic E-state index is 0.271. The van der Waals surface area contributed by atoms with Crippen LogP contribution in [0.3, 0.4) is 0 Å². The lowest BCUT2D eigenvalue weighted by atomic mass is 9.79. The predicted molar refractivity (Wildman–Crippen MR) is 50.9 cm³/mol. The van der Waals surface area contributed by atoms with Crippen molar-refractivity contribution < 1.29 is 24.3 Å². The van der Waals surface area contributed by atoms with Gasteiger partial charge in [0, 0.05) is 5.46 Å². The molecule has 0 aliphatic carbocycles. The Bertz CT molecular complexity index is 382. The van der Waals surface area contributed by atoms with Gasteiger partial charge in [-0.1, -0.05) is 6.07 Å². The topological polar surface area (TPSA) is 77.8 Å². The van der Waals surface area contributed by atoms with E-state index in [1.54, 1.807) is 0 Å². The van der Waals surface area contributed by atoms with Crippen LogP contribution in [-0.2, 0) is 0 Å². The quantitative estimate of drug-likeness (QED) is 0.654. The number of carboxylic acid groups (broad SMARTS) is 1. The molecule has 0 heterocycles. The fourth-order valence-electron chi connectivity index (χ4n) is 0.929. The molecule has 0 fully saturated rings. The van der Waals surface area contributed by atoms with E-state index in [1.165, 1.54) is 0 Å². The van der Waals surface area contributed by atoms with E-state index in [4.69, 9.17) is 15.2 Å². The van der Waals surface area contributed by atoms with E-state index in [9.17, 15) is 9.18 Å². The normalized spacial score (nSPS) is 10.0. The van der Waals surface area contributed by atoms with Crippen LogP contribution < -0.4 is 5.46 Å². The summed E-state index contributed by atoms with van der Waals surface area (Å²) in [6, 6.07) is 2.10. The van der Waals surface area contributed by atoms with Crippen molar-refractivity contribution in [2.75, 3.05) is 0 Å². The zero-order valence-corrected chi connectivity index (χ0v) is 8.32. The van der Waals surface area contributed by atoms with Gasteiger partial charge in [0.25, 0.3) is 0 Å². The second-order valence-corrected chi connectivity index (χ2v) is 3.30. The molecule has 0 saturated carbocycles. The molecule has 0 aromatic heterocycles. The molecule has 0 radical (unpaired) electrons. The number of carboxylic acids is 1. The molecule has 0 amide bonds. The summed E-state index contributed by atoms with van der Waals surface area (Å²) in [4.78, 5) is 10.5. The molecule has 0 atom stereocenters. The average molecular weight is 263 g/mol. The van der Waals surface area contributed by atoms with E-state index >= 15 is 0 Å². The van der Waals surface area contributed by atoms with E-state index in [-0.39, 0.29) is 15.5 Å². The Kier molecular flexibility index (Phi) is 3.25. The third-order valence-corrected chi connectivity index (χ3v) is 2.40. The van der Waals surface area contributed by atoms with Gasteiger partial charge in [0.15, 0.2) is 0 Å². The van der Waals surface area contributed by atoms with Crippen molar-refractivity contribution >= 4 is 34.5 Å². The van der Waals surface area contributed by atoms with Gasteiger partial charge in [0.1, 0.15) is 5.82 Å². The van der Waals surface area contributed by atoms with E-state index in [0.717, 1.165) is 12.1 Å². The molecule has 0 unspecified atom stereocenters. The zero-order chi connectivity index (χ0) is 10.9. The zero-order valence-electron chi connectivity index (χ0n) is 6.74. The summed E-state index contributed by atoms with van der Waals surface area (Å²) in [6.07, 6.45) is 0. The fourth-order valence-corrected chi connectivity index (χ4v) is 1.46. The Morgan fingerprint density at radius 3 is 2.43 bits per heavy atom. The highest BCUT2D eigenvalue weighted by Gasteiger charge is 2.22. The smallest absolute Gasteiger partial charge is 0.478 e. The van der Waals surface area contributed by atoms with Gasteiger partial charge in [-0.25, -0.2) is 9.18 Å². The SMILES string of the molecule is O=C(O)c1ccc(B(O)O)c(F)c1Br. The number of benzene rings is 1. The minimum atomic E-state index is -1.96. The molecule has 0 aliphatic heterocycles. The van der Waals surface area contributed by atoms with E-state index < -0.39 is 18.9 Å². The summed E-state index contributed by atoms with van der Waals surface area (Å²) in [5.74, 6) is -2.28. The Hall–Kier alpha value is -0.915. The second kappa shape index (κ2) is 4.08. The largest absolute Gasteiger partial charge is 0.491 e. The van der Waals surface area contributed by atoms with Crippen LogP contribution in [0.1, 0.15) is 10.4 Å².